The van der Waals surface area contributed by atoms with Gasteiger partial charge in [-0.3, -0.25) is 4.98 Å². The molecular formula is C14H14ClNO4S. The molecule has 0 N–H and O–H groups in total. The van der Waals surface area contributed by atoms with E-state index in [4.69, 9.17) is 20.2 Å². The molecule has 1 aliphatic rings. The van der Waals surface area contributed by atoms with Crippen LogP contribution in [-0.2, 0) is 13.8 Å². The van der Waals surface area contributed by atoms with Crippen LogP contribution in [0.2, 0.25) is 0 Å². The van der Waals surface area contributed by atoms with E-state index in [1.54, 1.807) is 24.4 Å². The van der Waals surface area contributed by atoms with Crippen LogP contribution in [0.5, 0.6) is 5.75 Å². The van der Waals surface area contributed by atoms with E-state index in [2.05, 4.69) is 4.98 Å². The Morgan fingerprint density at radius 1 is 1.38 bits per heavy atom. The molecular weight excluding hydrogens is 314 g/mol. The van der Waals surface area contributed by atoms with E-state index in [1.807, 2.05) is 0 Å². The number of pyridine rings is 1. The van der Waals surface area contributed by atoms with Crippen molar-refractivity contribution in [1.82, 2.24) is 4.98 Å². The maximum absolute atomic E-state index is 11.6. The van der Waals surface area contributed by atoms with Gasteiger partial charge in [-0.25, -0.2) is 8.42 Å². The van der Waals surface area contributed by atoms with Gasteiger partial charge in [0.1, 0.15) is 11.3 Å². The first-order valence-electron chi connectivity index (χ1n) is 6.58. The van der Waals surface area contributed by atoms with E-state index in [0.29, 0.717) is 35.8 Å². The Balaban J connectivity index is 1.96. The lowest BCUT2D eigenvalue weighted by Crippen LogP contribution is -2.12. The highest BCUT2D eigenvalue weighted by atomic mass is 35.7. The van der Waals surface area contributed by atoms with E-state index >= 15 is 0 Å². The van der Waals surface area contributed by atoms with Gasteiger partial charge in [0.15, 0.2) is 0 Å². The van der Waals surface area contributed by atoms with Crippen LogP contribution in [0.1, 0.15) is 6.42 Å². The molecule has 1 aromatic heterocycles. The monoisotopic (exact) mass is 327 g/mol. The fourth-order valence-electron chi connectivity index (χ4n) is 2.37. The third kappa shape index (κ3) is 3.12. The van der Waals surface area contributed by atoms with Crippen LogP contribution in [0.4, 0.5) is 0 Å². The lowest BCUT2D eigenvalue weighted by Gasteiger charge is -2.13. The Kier molecular flexibility index (Phi) is 4.01. The highest BCUT2D eigenvalue weighted by Gasteiger charge is 2.19. The third-order valence-electron chi connectivity index (χ3n) is 3.45. The zero-order valence-electron chi connectivity index (χ0n) is 11.2. The molecule has 0 amide bonds. The summed E-state index contributed by atoms with van der Waals surface area (Å²) < 4.78 is 34.3. The van der Waals surface area contributed by atoms with Crippen LogP contribution >= 0.6 is 10.7 Å². The van der Waals surface area contributed by atoms with Gasteiger partial charge in [0.2, 0.25) is 0 Å². The van der Waals surface area contributed by atoms with Gasteiger partial charge in [-0.2, -0.15) is 0 Å². The van der Waals surface area contributed by atoms with E-state index in [9.17, 15) is 8.42 Å². The molecule has 3 rings (SSSR count). The van der Waals surface area contributed by atoms with Crippen LogP contribution in [0.15, 0.2) is 35.4 Å². The molecule has 112 valence electrons. The molecule has 1 unspecified atom stereocenters. The SMILES string of the molecule is O=S(=O)(Cl)c1ccc(OCC2CCOC2)c2ncccc12. The predicted molar refractivity (Wildman–Crippen MR) is 79.2 cm³/mol. The smallest absolute Gasteiger partial charge is 0.261 e. The Labute approximate surface area is 127 Å². The molecule has 21 heavy (non-hydrogen) atoms. The second-order valence-corrected chi connectivity index (χ2v) is 7.47. The third-order valence-corrected chi connectivity index (χ3v) is 4.83. The maximum Gasteiger partial charge on any atom is 0.261 e. The van der Waals surface area contributed by atoms with E-state index in [0.717, 1.165) is 13.0 Å². The van der Waals surface area contributed by atoms with Gasteiger partial charge in [0, 0.05) is 34.8 Å². The highest BCUT2D eigenvalue weighted by molar-refractivity contribution is 8.14. The van der Waals surface area contributed by atoms with Gasteiger partial charge in [0.05, 0.1) is 18.1 Å². The van der Waals surface area contributed by atoms with Crippen molar-refractivity contribution in [1.29, 1.82) is 0 Å². The first kappa shape index (κ1) is 14.6. The summed E-state index contributed by atoms with van der Waals surface area (Å²) in [7, 11) is 1.64. The Morgan fingerprint density at radius 3 is 2.95 bits per heavy atom. The maximum atomic E-state index is 11.6. The molecule has 7 heteroatoms. The first-order valence-corrected chi connectivity index (χ1v) is 8.89. The van der Waals surface area contributed by atoms with E-state index in [-0.39, 0.29) is 4.90 Å². The first-order chi connectivity index (χ1) is 10.1. The molecule has 2 heterocycles. The van der Waals surface area contributed by atoms with Gasteiger partial charge in [-0.15, -0.1) is 0 Å². The average Bonchev–Trinajstić information content (AvgIpc) is 2.96. The molecule has 0 spiro atoms. The summed E-state index contributed by atoms with van der Waals surface area (Å²) in [5, 5.41) is 0.465. The molecule has 1 saturated heterocycles. The predicted octanol–water partition coefficient (Wildman–Crippen LogP) is 2.58. The summed E-state index contributed by atoms with van der Waals surface area (Å²) >= 11 is 0. The van der Waals surface area contributed by atoms with E-state index in [1.165, 1.54) is 6.07 Å². The zero-order chi connectivity index (χ0) is 14.9. The number of nitrogens with zero attached hydrogens (tertiary/aromatic N) is 1. The van der Waals surface area contributed by atoms with Crippen molar-refractivity contribution in [2.75, 3.05) is 19.8 Å². The minimum Gasteiger partial charge on any atom is -0.491 e. The summed E-state index contributed by atoms with van der Waals surface area (Å²) in [6, 6.07) is 6.39. The topological polar surface area (TPSA) is 65.5 Å². The van der Waals surface area contributed by atoms with Gasteiger partial charge in [-0.1, -0.05) is 0 Å². The van der Waals surface area contributed by atoms with Crippen molar-refractivity contribution in [3.05, 3.63) is 30.5 Å². The molecule has 1 fully saturated rings. The van der Waals surface area contributed by atoms with Gasteiger partial charge < -0.3 is 9.47 Å². The Bertz CT molecular complexity index is 757. The van der Waals surface area contributed by atoms with Crippen LogP contribution in [0.3, 0.4) is 0 Å². The molecule has 1 aliphatic heterocycles. The van der Waals surface area contributed by atoms with Crippen molar-refractivity contribution in [3.63, 3.8) is 0 Å². The summed E-state index contributed by atoms with van der Waals surface area (Å²) in [6.45, 7) is 1.98. The molecule has 5 nitrogen and oxygen atoms in total. The number of hydrogen-bond donors (Lipinski definition) is 0. The molecule has 1 atom stereocenters. The summed E-state index contributed by atoms with van der Waals surface area (Å²) in [5.41, 5.74) is 0.498. The standard InChI is InChI=1S/C14H14ClNO4S/c15-21(17,18)13-4-3-12(14-11(13)2-1-6-16-14)20-9-10-5-7-19-8-10/h1-4,6,10H,5,7-9H2. The number of fused-ring (bicyclic) bond motifs is 1. The van der Waals surface area contributed by atoms with Crippen molar-refractivity contribution in [2.45, 2.75) is 11.3 Å². The number of ether oxygens (including phenoxy) is 2. The van der Waals surface area contributed by atoms with E-state index < -0.39 is 9.05 Å². The van der Waals surface area contributed by atoms with Gasteiger partial charge in [-0.05, 0) is 30.7 Å². The number of hydrogen-bond acceptors (Lipinski definition) is 5. The minimum atomic E-state index is -3.82. The van der Waals surface area contributed by atoms with Gasteiger partial charge in [0.25, 0.3) is 9.05 Å². The minimum absolute atomic E-state index is 0.0452. The molecule has 1 aromatic carbocycles. The van der Waals surface area contributed by atoms with Crippen molar-refractivity contribution in [2.24, 2.45) is 5.92 Å². The van der Waals surface area contributed by atoms with Crippen molar-refractivity contribution >= 4 is 30.6 Å². The summed E-state index contributed by atoms with van der Waals surface area (Å²) in [5.74, 6) is 0.918. The lowest BCUT2D eigenvalue weighted by atomic mass is 10.1. The number of aromatic nitrogens is 1. The fraction of sp³-hybridized carbons (Fsp3) is 0.357. The average molecular weight is 328 g/mol. The Morgan fingerprint density at radius 2 is 2.24 bits per heavy atom. The number of halogens is 1. The fourth-order valence-corrected chi connectivity index (χ4v) is 3.43. The normalized spacial score (nSPS) is 19.0. The number of benzene rings is 1. The molecule has 0 aliphatic carbocycles. The molecule has 0 saturated carbocycles. The Hall–Kier alpha value is -1.37. The molecule has 2 aromatic rings. The van der Waals surface area contributed by atoms with Crippen molar-refractivity contribution in [3.8, 4) is 5.75 Å². The second-order valence-electron chi connectivity index (χ2n) is 4.94. The van der Waals surface area contributed by atoms with Gasteiger partial charge >= 0.3 is 0 Å². The van der Waals surface area contributed by atoms with Crippen LogP contribution in [0, 0.1) is 5.92 Å². The second kappa shape index (κ2) is 5.79. The molecule has 0 bridgehead atoms. The van der Waals surface area contributed by atoms with Crippen LogP contribution < -0.4 is 4.74 Å². The summed E-state index contributed by atoms with van der Waals surface area (Å²) in [4.78, 5) is 4.27. The lowest BCUT2D eigenvalue weighted by molar-refractivity contribution is 0.167. The quantitative estimate of drug-likeness (QED) is 0.807. The van der Waals surface area contributed by atoms with Crippen molar-refractivity contribution < 1.29 is 17.9 Å². The number of rotatable bonds is 4. The van der Waals surface area contributed by atoms with Crippen LogP contribution in [0.25, 0.3) is 10.9 Å². The zero-order valence-corrected chi connectivity index (χ0v) is 12.7. The summed E-state index contributed by atoms with van der Waals surface area (Å²) in [6.07, 6.45) is 2.57. The highest BCUT2D eigenvalue weighted by Crippen LogP contribution is 2.31. The van der Waals surface area contributed by atoms with Crippen LogP contribution in [-0.4, -0.2) is 33.2 Å². The largest absolute Gasteiger partial charge is 0.491 e. The molecule has 0 radical (unpaired) electrons.